The van der Waals surface area contributed by atoms with Gasteiger partial charge in [-0.15, -0.1) is 0 Å². The quantitative estimate of drug-likeness (QED) is 0.693. The molecule has 0 radical (unpaired) electrons. The molecule has 2 nitrogen and oxygen atoms in total. The van der Waals surface area contributed by atoms with Crippen molar-refractivity contribution in [2.45, 2.75) is 0 Å². The maximum absolute atomic E-state index is 4.24. The van der Waals surface area contributed by atoms with Crippen LogP contribution in [-0.2, 0) is 0 Å². The minimum Gasteiger partial charge on any atom is -0.378 e. The number of thioether (sulfide) groups is 1. The predicted molar refractivity (Wildman–Crippen MR) is 115 cm³/mol. The van der Waals surface area contributed by atoms with Crippen LogP contribution in [0.25, 0.3) is 10.5 Å². The van der Waals surface area contributed by atoms with Crippen molar-refractivity contribution in [3.63, 3.8) is 0 Å². The number of hydrogen-bond acceptors (Lipinski definition) is 3. The molecule has 0 atom stereocenters. The third-order valence-corrected chi connectivity index (χ3v) is 5.55. The Bertz CT molecular complexity index is 945. The molecule has 0 aliphatic carbocycles. The van der Waals surface area contributed by atoms with Gasteiger partial charge < -0.3 is 4.90 Å². The largest absolute Gasteiger partial charge is 0.378 e. The van der Waals surface area contributed by atoms with E-state index in [4.69, 9.17) is 0 Å². The summed E-state index contributed by atoms with van der Waals surface area (Å²) in [6, 6.07) is 19.3. The first-order chi connectivity index (χ1) is 12.7. The topological polar surface area (TPSA) is 15.6 Å². The van der Waals surface area contributed by atoms with Gasteiger partial charge in [-0.2, -0.15) is 0 Å². The summed E-state index contributed by atoms with van der Waals surface area (Å²) in [6.45, 7) is 0. The molecule has 2 aliphatic rings. The molecule has 0 saturated heterocycles. The first-order valence-electron chi connectivity index (χ1n) is 8.59. The van der Waals surface area contributed by atoms with Crippen LogP contribution in [0, 0.1) is 0 Å². The molecule has 2 aliphatic heterocycles. The Morgan fingerprint density at radius 2 is 1.62 bits per heavy atom. The van der Waals surface area contributed by atoms with Gasteiger partial charge in [-0.25, -0.2) is 0 Å². The second-order valence-corrected chi connectivity index (χ2v) is 7.51. The van der Waals surface area contributed by atoms with Gasteiger partial charge in [0.25, 0.3) is 0 Å². The van der Waals surface area contributed by atoms with Crippen LogP contribution in [-0.4, -0.2) is 20.3 Å². The third kappa shape index (κ3) is 3.44. The summed E-state index contributed by atoms with van der Waals surface area (Å²) in [5, 5.41) is 0. The van der Waals surface area contributed by atoms with Gasteiger partial charge in [0.2, 0.25) is 0 Å². The van der Waals surface area contributed by atoms with E-state index >= 15 is 0 Å². The molecule has 0 spiro atoms. The lowest BCUT2D eigenvalue weighted by atomic mass is 10.0. The Hall–Kier alpha value is -2.78. The Labute approximate surface area is 159 Å². The van der Waals surface area contributed by atoms with E-state index < -0.39 is 0 Å². The van der Waals surface area contributed by atoms with E-state index in [-0.39, 0.29) is 0 Å². The maximum Gasteiger partial charge on any atom is 0.0361 e. The average Bonchev–Trinajstić information content (AvgIpc) is 3.23. The molecule has 2 aromatic carbocycles. The number of allylic oxidation sites excluding steroid dienone is 5. The van der Waals surface area contributed by atoms with Crippen LogP contribution >= 0.6 is 11.8 Å². The van der Waals surface area contributed by atoms with E-state index in [0.29, 0.717) is 0 Å². The van der Waals surface area contributed by atoms with Crippen molar-refractivity contribution >= 4 is 34.1 Å². The van der Waals surface area contributed by atoms with Crippen molar-refractivity contribution in [2.24, 2.45) is 4.99 Å². The van der Waals surface area contributed by atoms with E-state index in [0.717, 1.165) is 0 Å². The number of benzene rings is 2. The molecular weight excluding hydrogens is 336 g/mol. The highest BCUT2D eigenvalue weighted by Gasteiger charge is 2.16. The molecule has 0 bridgehead atoms. The van der Waals surface area contributed by atoms with Crippen LogP contribution < -0.4 is 4.90 Å². The Morgan fingerprint density at radius 1 is 0.846 bits per heavy atom. The van der Waals surface area contributed by atoms with Crippen LogP contribution in [0.1, 0.15) is 11.1 Å². The summed E-state index contributed by atoms with van der Waals surface area (Å²) in [7, 11) is 4.13. The molecule has 0 fully saturated rings. The Balaban J connectivity index is 1.79. The predicted octanol–water partition coefficient (Wildman–Crippen LogP) is 5.78. The molecule has 3 heteroatoms. The zero-order chi connectivity index (χ0) is 17.9. The molecule has 4 rings (SSSR count). The standard InChI is InChI=1S/C23H20N2S/c1-25(2)21-10-8-17(9-11-21)20-14-22(18-6-4-3-5-7-18)26-23(15-20)19-12-13-24-16-19/h3-16H,1-2H3. The first-order valence-corrected chi connectivity index (χ1v) is 9.41. The fraction of sp³-hybridized carbons (Fsp3) is 0.0870. The van der Waals surface area contributed by atoms with Crippen LogP contribution in [0.5, 0.6) is 0 Å². The first kappa shape index (κ1) is 16.7. The smallest absolute Gasteiger partial charge is 0.0361 e. The SMILES string of the molecule is CN(C)c1ccc(C2=CC(=C3C=CN=C3)SC(c3ccccc3)=C2)cc1. The summed E-state index contributed by atoms with van der Waals surface area (Å²) in [4.78, 5) is 8.85. The molecule has 26 heavy (non-hydrogen) atoms. The average molecular weight is 356 g/mol. The molecule has 0 aromatic heterocycles. The van der Waals surface area contributed by atoms with Gasteiger partial charge in [-0.05, 0) is 47.1 Å². The van der Waals surface area contributed by atoms with Crippen LogP contribution in [0.4, 0.5) is 5.69 Å². The van der Waals surface area contributed by atoms with Crippen molar-refractivity contribution in [3.8, 4) is 0 Å². The van der Waals surface area contributed by atoms with Crippen molar-refractivity contribution in [1.29, 1.82) is 0 Å². The van der Waals surface area contributed by atoms with Crippen molar-refractivity contribution in [1.82, 2.24) is 0 Å². The number of rotatable bonds is 3. The van der Waals surface area contributed by atoms with E-state index in [1.165, 1.54) is 37.8 Å². The van der Waals surface area contributed by atoms with Crippen LogP contribution in [0.2, 0.25) is 0 Å². The second-order valence-electron chi connectivity index (χ2n) is 6.43. The van der Waals surface area contributed by atoms with Crippen molar-refractivity contribution in [3.05, 3.63) is 101 Å². The fourth-order valence-electron chi connectivity index (χ4n) is 2.94. The van der Waals surface area contributed by atoms with Crippen molar-refractivity contribution in [2.75, 3.05) is 19.0 Å². The molecule has 2 aromatic rings. The molecule has 0 N–H and O–H groups in total. The highest BCUT2D eigenvalue weighted by atomic mass is 32.2. The Morgan fingerprint density at radius 3 is 2.27 bits per heavy atom. The molecule has 0 unspecified atom stereocenters. The number of hydrogen-bond donors (Lipinski definition) is 0. The molecule has 0 amide bonds. The maximum atomic E-state index is 4.24. The van der Waals surface area contributed by atoms with Gasteiger partial charge in [-0.1, -0.05) is 54.2 Å². The molecule has 128 valence electrons. The minimum atomic E-state index is 1.17. The lowest BCUT2D eigenvalue weighted by Crippen LogP contribution is -2.08. The number of anilines is 1. The van der Waals surface area contributed by atoms with E-state index in [1.807, 2.05) is 12.4 Å². The highest BCUT2D eigenvalue weighted by Crippen LogP contribution is 2.43. The second kappa shape index (κ2) is 7.22. The molecule has 0 saturated carbocycles. The van der Waals surface area contributed by atoms with Gasteiger partial charge in [0, 0.05) is 47.6 Å². The van der Waals surface area contributed by atoms with Crippen LogP contribution in [0.3, 0.4) is 0 Å². The number of nitrogens with zero attached hydrogens (tertiary/aromatic N) is 2. The summed E-state index contributed by atoms with van der Waals surface area (Å²) < 4.78 is 0. The summed E-state index contributed by atoms with van der Waals surface area (Å²) in [5.41, 5.74) is 6.06. The highest BCUT2D eigenvalue weighted by molar-refractivity contribution is 8.12. The third-order valence-electron chi connectivity index (χ3n) is 4.41. The lowest BCUT2D eigenvalue weighted by Gasteiger charge is -2.18. The van der Waals surface area contributed by atoms with Crippen molar-refractivity contribution < 1.29 is 0 Å². The number of aliphatic imine (C=N–C) groups is 1. The lowest BCUT2D eigenvalue weighted by molar-refractivity contribution is 1.13. The van der Waals surface area contributed by atoms with E-state index in [9.17, 15) is 0 Å². The van der Waals surface area contributed by atoms with Crippen LogP contribution in [0.15, 0.2) is 94.5 Å². The molecule has 2 heterocycles. The minimum absolute atomic E-state index is 1.17. The fourth-order valence-corrected chi connectivity index (χ4v) is 4.04. The zero-order valence-electron chi connectivity index (χ0n) is 14.9. The summed E-state index contributed by atoms with van der Waals surface area (Å²) in [5.74, 6) is 0. The summed E-state index contributed by atoms with van der Waals surface area (Å²) >= 11 is 1.80. The zero-order valence-corrected chi connectivity index (χ0v) is 15.7. The van der Waals surface area contributed by atoms with E-state index in [2.05, 4.69) is 96.8 Å². The van der Waals surface area contributed by atoms with E-state index in [1.54, 1.807) is 11.8 Å². The normalized spacial score (nSPS) is 18.7. The summed E-state index contributed by atoms with van der Waals surface area (Å²) in [6.07, 6.45) is 10.4. The van der Waals surface area contributed by atoms with Gasteiger partial charge in [0.05, 0.1) is 0 Å². The molecular formula is C23H20N2S. The monoisotopic (exact) mass is 356 g/mol. The van der Waals surface area contributed by atoms with Gasteiger partial charge >= 0.3 is 0 Å². The Kier molecular flexibility index (Phi) is 4.63. The van der Waals surface area contributed by atoms with Gasteiger partial charge in [0.1, 0.15) is 0 Å². The van der Waals surface area contributed by atoms with Gasteiger partial charge in [-0.3, -0.25) is 4.99 Å². The van der Waals surface area contributed by atoms with Gasteiger partial charge in [0.15, 0.2) is 0 Å².